The summed E-state index contributed by atoms with van der Waals surface area (Å²) in [5.41, 5.74) is 4.37. The molecule has 4 rings (SSSR count). The molecule has 0 unspecified atom stereocenters. The highest BCUT2D eigenvalue weighted by Gasteiger charge is 2.17. The number of pyridine rings is 1. The number of hydrogen-bond donors (Lipinski definition) is 1. The highest BCUT2D eigenvalue weighted by atomic mass is 35.5. The molecule has 0 saturated carbocycles. The number of aryl methyl sites for hydroxylation is 1. The van der Waals surface area contributed by atoms with Gasteiger partial charge in [-0.05, 0) is 48.4 Å². The van der Waals surface area contributed by atoms with Crippen LogP contribution in [-0.4, -0.2) is 20.6 Å². The van der Waals surface area contributed by atoms with E-state index in [2.05, 4.69) is 4.98 Å². The van der Waals surface area contributed by atoms with E-state index in [1.807, 2.05) is 48.0 Å². The molecule has 6 heteroatoms. The predicted molar refractivity (Wildman–Crippen MR) is 107 cm³/mol. The van der Waals surface area contributed by atoms with Crippen LogP contribution in [-0.2, 0) is 6.54 Å². The molecule has 2 heterocycles. The number of fused-ring (bicyclic) bond motifs is 1. The minimum atomic E-state index is -1.17. The van der Waals surface area contributed by atoms with Crippen LogP contribution >= 0.6 is 11.6 Å². The molecule has 0 fully saturated rings. The number of benzene rings is 2. The summed E-state index contributed by atoms with van der Waals surface area (Å²) in [4.78, 5) is 15.5. The van der Waals surface area contributed by atoms with Gasteiger partial charge in [0.2, 0.25) is 0 Å². The van der Waals surface area contributed by atoms with Crippen molar-refractivity contribution in [2.75, 3.05) is 0 Å². The van der Waals surface area contributed by atoms with Gasteiger partial charge >= 0.3 is 5.97 Å². The van der Waals surface area contributed by atoms with Crippen molar-refractivity contribution in [3.05, 3.63) is 88.5 Å². The predicted octanol–water partition coefficient (Wildman–Crippen LogP) is 5.55. The van der Waals surface area contributed by atoms with Crippen LogP contribution in [0.2, 0.25) is 5.02 Å². The minimum Gasteiger partial charge on any atom is -0.478 e. The van der Waals surface area contributed by atoms with Gasteiger partial charge in [-0.15, -0.1) is 0 Å². The molecule has 0 amide bonds. The Balaban J connectivity index is 1.87. The molecular formula is C22H16ClFN2O2. The molecule has 140 valence electrons. The van der Waals surface area contributed by atoms with Gasteiger partial charge in [-0.3, -0.25) is 4.98 Å². The van der Waals surface area contributed by atoms with E-state index in [-0.39, 0.29) is 5.56 Å². The Bertz CT molecular complexity index is 1200. The second kappa shape index (κ2) is 7.09. The number of nitrogens with zero attached hydrogens (tertiary/aromatic N) is 2. The summed E-state index contributed by atoms with van der Waals surface area (Å²) in [5.74, 6) is -1.77. The summed E-state index contributed by atoms with van der Waals surface area (Å²) in [6.07, 6.45) is 3.49. The standard InChI is InChI=1S/C22H16ClFN2O2/c1-13-4-2-5-18(23)16(13)11-26-12-17(21-20(26)6-3-9-25-21)15-8-7-14(22(27)28)10-19(15)24/h2-10,12H,11H2,1H3,(H,27,28). The fraction of sp³-hybridized carbons (Fsp3) is 0.0909. The summed E-state index contributed by atoms with van der Waals surface area (Å²) in [6.45, 7) is 2.51. The fourth-order valence-electron chi connectivity index (χ4n) is 3.35. The van der Waals surface area contributed by atoms with Gasteiger partial charge in [0.05, 0.1) is 16.6 Å². The normalized spacial score (nSPS) is 11.1. The molecule has 0 aliphatic heterocycles. The van der Waals surface area contributed by atoms with E-state index in [0.29, 0.717) is 28.2 Å². The second-order valence-electron chi connectivity index (χ2n) is 6.58. The molecule has 2 aromatic heterocycles. The average Bonchev–Trinajstić information content (AvgIpc) is 3.03. The largest absolute Gasteiger partial charge is 0.478 e. The van der Waals surface area contributed by atoms with E-state index in [1.54, 1.807) is 6.20 Å². The van der Waals surface area contributed by atoms with Gasteiger partial charge in [-0.25, -0.2) is 9.18 Å². The van der Waals surface area contributed by atoms with Crippen LogP contribution in [0.1, 0.15) is 21.5 Å². The first-order valence-electron chi connectivity index (χ1n) is 8.67. The van der Waals surface area contributed by atoms with Crippen molar-refractivity contribution in [1.82, 2.24) is 9.55 Å². The zero-order valence-electron chi connectivity index (χ0n) is 15.0. The van der Waals surface area contributed by atoms with Gasteiger partial charge in [0, 0.05) is 35.1 Å². The summed E-state index contributed by atoms with van der Waals surface area (Å²) >= 11 is 6.38. The molecule has 0 spiro atoms. The summed E-state index contributed by atoms with van der Waals surface area (Å²) in [7, 11) is 0. The summed E-state index contributed by atoms with van der Waals surface area (Å²) in [6, 6.07) is 13.4. The molecule has 2 aromatic carbocycles. The fourth-order valence-corrected chi connectivity index (χ4v) is 3.64. The van der Waals surface area contributed by atoms with E-state index in [1.165, 1.54) is 12.1 Å². The van der Waals surface area contributed by atoms with Gasteiger partial charge in [-0.2, -0.15) is 0 Å². The molecule has 0 radical (unpaired) electrons. The van der Waals surface area contributed by atoms with Crippen molar-refractivity contribution in [2.24, 2.45) is 0 Å². The lowest BCUT2D eigenvalue weighted by atomic mass is 10.0. The zero-order chi connectivity index (χ0) is 19.8. The number of halogens is 2. The van der Waals surface area contributed by atoms with Crippen molar-refractivity contribution in [1.29, 1.82) is 0 Å². The Hall–Kier alpha value is -3.18. The van der Waals surface area contributed by atoms with Gasteiger partial charge in [0.25, 0.3) is 0 Å². The van der Waals surface area contributed by atoms with Crippen molar-refractivity contribution >= 4 is 28.6 Å². The van der Waals surface area contributed by atoms with Crippen LogP contribution in [0.5, 0.6) is 0 Å². The lowest BCUT2D eigenvalue weighted by molar-refractivity contribution is 0.0696. The lowest BCUT2D eigenvalue weighted by Gasteiger charge is -2.10. The third-order valence-electron chi connectivity index (χ3n) is 4.82. The molecule has 28 heavy (non-hydrogen) atoms. The lowest BCUT2D eigenvalue weighted by Crippen LogP contribution is -2.01. The first kappa shape index (κ1) is 18.2. The Kier molecular flexibility index (Phi) is 4.61. The Labute approximate surface area is 165 Å². The van der Waals surface area contributed by atoms with Gasteiger partial charge in [-0.1, -0.05) is 29.8 Å². The molecule has 0 saturated heterocycles. The highest BCUT2D eigenvalue weighted by Crippen LogP contribution is 2.33. The molecule has 0 bridgehead atoms. The van der Waals surface area contributed by atoms with Crippen LogP contribution in [0.15, 0.2) is 60.9 Å². The van der Waals surface area contributed by atoms with E-state index in [9.17, 15) is 9.18 Å². The molecule has 0 aliphatic rings. The SMILES string of the molecule is Cc1cccc(Cl)c1Cn1cc(-c2ccc(C(=O)O)cc2F)c2ncccc21. The Morgan fingerprint density at radius 1 is 1.18 bits per heavy atom. The molecule has 0 aliphatic carbocycles. The smallest absolute Gasteiger partial charge is 0.335 e. The van der Waals surface area contributed by atoms with Crippen molar-refractivity contribution in [3.8, 4) is 11.1 Å². The number of aromatic carboxylic acids is 1. The van der Waals surface area contributed by atoms with Crippen LogP contribution < -0.4 is 0 Å². The maximum absolute atomic E-state index is 14.7. The number of carboxylic acids is 1. The average molecular weight is 395 g/mol. The molecular weight excluding hydrogens is 379 g/mol. The Morgan fingerprint density at radius 3 is 2.71 bits per heavy atom. The third kappa shape index (κ3) is 3.14. The van der Waals surface area contributed by atoms with Crippen molar-refractivity contribution < 1.29 is 14.3 Å². The van der Waals surface area contributed by atoms with Crippen LogP contribution in [0.4, 0.5) is 4.39 Å². The molecule has 4 aromatic rings. The maximum Gasteiger partial charge on any atom is 0.335 e. The van der Waals surface area contributed by atoms with Crippen LogP contribution in [0.3, 0.4) is 0 Å². The van der Waals surface area contributed by atoms with Crippen molar-refractivity contribution in [3.63, 3.8) is 0 Å². The van der Waals surface area contributed by atoms with Gasteiger partial charge < -0.3 is 9.67 Å². The third-order valence-corrected chi connectivity index (χ3v) is 5.18. The Morgan fingerprint density at radius 2 is 2.00 bits per heavy atom. The first-order chi connectivity index (χ1) is 13.5. The topological polar surface area (TPSA) is 55.1 Å². The number of aromatic nitrogens is 2. The number of carboxylic acid groups (broad SMARTS) is 1. The van der Waals surface area contributed by atoms with E-state index >= 15 is 0 Å². The number of rotatable bonds is 4. The monoisotopic (exact) mass is 394 g/mol. The summed E-state index contributed by atoms with van der Waals surface area (Å²) in [5, 5.41) is 9.74. The van der Waals surface area contributed by atoms with Crippen molar-refractivity contribution in [2.45, 2.75) is 13.5 Å². The molecule has 0 atom stereocenters. The quantitative estimate of drug-likeness (QED) is 0.493. The molecule has 4 nitrogen and oxygen atoms in total. The van der Waals surface area contributed by atoms with Gasteiger partial charge in [0.15, 0.2) is 0 Å². The van der Waals surface area contributed by atoms with E-state index < -0.39 is 11.8 Å². The van der Waals surface area contributed by atoms with E-state index in [0.717, 1.165) is 22.7 Å². The number of hydrogen-bond acceptors (Lipinski definition) is 2. The zero-order valence-corrected chi connectivity index (χ0v) is 15.7. The minimum absolute atomic E-state index is 0.0929. The second-order valence-corrected chi connectivity index (χ2v) is 6.98. The summed E-state index contributed by atoms with van der Waals surface area (Å²) < 4.78 is 16.6. The van der Waals surface area contributed by atoms with Crippen LogP contribution in [0, 0.1) is 12.7 Å². The molecule has 1 N–H and O–H groups in total. The van der Waals surface area contributed by atoms with Crippen LogP contribution in [0.25, 0.3) is 22.2 Å². The first-order valence-corrected chi connectivity index (χ1v) is 9.04. The highest BCUT2D eigenvalue weighted by molar-refractivity contribution is 6.31. The maximum atomic E-state index is 14.7. The number of carbonyl (C=O) groups is 1. The van der Waals surface area contributed by atoms with E-state index in [4.69, 9.17) is 16.7 Å². The van der Waals surface area contributed by atoms with Gasteiger partial charge in [0.1, 0.15) is 5.82 Å².